The Kier molecular flexibility index (Phi) is 6.89. The Morgan fingerprint density at radius 2 is 1.87 bits per heavy atom. The molecule has 2 aliphatic rings. The third kappa shape index (κ3) is 4.95. The lowest BCUT2D eigenvalue weighted by Gasteiger charge is -2.36. The zero-order valence-corrected chi connectivity index (χ0v) is 18.3. The van der Waals surface area contributed by atoms with Gasteiger partial charge in [-0.3, -0.25) is 4.90 Å². The van der Waals surface area contributed by atoms with Crippen LogP contribution in [0.25, 0.3) is 11.4 Å². The molecule has 1 aliphatic heterocycles. The molecule has 4 rings (SSSR count). The molecule has 1 saturated heterocycles. The Balaban J connectivity index is 1.48. The van der Waals surface area contributed by atoms with Crippen molar-refractivity contribution >= 4 is 0 Å². The number of aromatic nitrogens is 2. The fourth-order valence-corrected chi connectivity index (χ4v) is 4.59. The van der Waals surface area contributed by atoms with E-state index < -0.39 is 0 Å². The maximum Gasteiger partial charge on any atom is 0.241 e. The SMILES string of the molecule is COc1ccc(-c2noc(CN(CC3CCCO3)C3CCC(C)CC3)n2)cc1OC. The van der Waals surface area contributed by atoms with Gasteiger partial charge in [0.15, 0.2) is 11.5 Å². The van der Waals surface area contributed by atoms with Gasteiger partial charge in [-0.15, -0.1) is 0 Å². The van der Waals surface area contributed by atoms with Gasteiger partial charge in [0.1, 0.15) is 0 Å². The van der Waals surface area contributed by atoms with Crippen molar-refractivity contribution in [3.8, 4) is 22.9 Å². The first-order valence-corrected chi connectivity index (χ1v) is 11.1. The molecule has 0 radical (unpaired) electrons. The minimum atomic E-state index is 0.317. The van der Waals surface area contributed by atoms with Crippen LogP contribution in [0.2, 0.25) is 0 Å². The molecule has 7 nitrogen and oxygen atoms in total. The fourth-order valence-electron chi connectivity index (χ4n) is 4.59. The largest absolute Gasteiger partial charge is 0.493 e. The molecule has 30 heavy (non-hydrogen) atoms. The van der Waals surface area contributed by atoms with E-state index in [-0.39, 0.29) is 0 Å². The zero-order valence-electron chi connectivity index (χ0n) is 18.3. The summed E-state index contributed by atoms with van der Waals surface area (Å²) < 4.78 is 22.3. The number of benzene rings is 1. The molecule has 0 amide bonds. The number of hydrogen-bond acceptors (Lipinski definition) is 7. The summed E-state index contributed by atoms with van der Waals surface area (Å²) in [6.07, 6.45) is 7.64. The van der Waals surface area contributed by atoms with Gasteiger partial charge in [0.2, 0.25) is 11.7 Å². The average Bonchev–Trinajstić information content (AvgIpc) is 3.45. The minimum absolute atomic E-state index is 0.317. The van der Waals surface area contributed by atoms with Gasteiger partial charge in [-0.1, -0.05) is 12.1 Å². The summed E-state index contributed by atoms with van der Waals surface area (Å²) in [5.74, 6) is 3.37. The van der Waals surface area contributed by atoms with Crippen molar-refractivity contribution < 1.29 is 18.7 Å². The van der Waals surface area contributed by atoms with E-state index in [1.807, 2.05) is 18.2 Å². The summed E-state index contributed by atoms with van der Waals surface area (Å²) >= 11 is 0. The number of ether oxygens (including phenoxy) is 3. The number of methoxy groups -OCH3 is 2. The highest BCUT2D eigenvalue weighted by atomic mass is 16.5. The number of hydrogen-bond donors (Lipinski definition) is 0. The van der Waals surface area contributed by atoms with E-state index in [0.717, 1.165) is 37.5 Å². The van der Waals surface area contributed by atoms with Crippen molar-refractivity contribution in [3.63, 3.8) is 0 Å². The van der Waals surface area contributed by atoms with Gasteiger partial charge in [-0.05, 0) is 62.6 Å². The first kappa shape index (κ1) is 21.1. The van der Waals surface area contributed by atoms with Crippen LogP contribution in [0.1, 0.15) is 51.3 Å². The van der Waals surface area contributed by atoms with Crippen molar-refractivity contribution in [2.45, 2.75) is 64.1 Å². The van der Waals surface area contributed by atoms with Gasteiger partial charge in [-0.25, -0.2) is 0 Å². The number of rotatable bonds is 8. The Morgan fingerprint density at radius 1 is 1.07 bits per heavy atom. The van der Waals surface area contributed by atoms with Crippen LogP contribution in [0.5, 0.6) is 11.5 Å². The summed E-state index contributed by atoms with van der Waals surface area (Å²) in [7, 11) is 3.25. The van der Waals surface area contributed by atoms with Crippen LogP contribution < -0.4 is 9.47 Å². The quantitative estimate of drug-likeness (QED) is 0.636. The molecule has 2 aromatic rings. The third-order valence-corrected chi connectivity index (χ3v) is 6.41. The summed E-state index contributed by atoms with van der Waals surface area (Å²) in [5, 5.41) is 4.22. The highest BCUT2D eigenvalue weighted by molar-refractivity contribution is 5.60. The summed E-state index contributed by atoms with van der Waals surface area (Å²) in [4.78, 5) is 7.19. The van der Waals surface area contributed by atoms with Crippen LogP contribution in [0.3, 0.4) is 0 Å². The van der Waals surface area contributed by atoms with Crippen molar-refractivity contribution in [2.75, 3.05) is 27.4 Å². The van der Waals surface area contributed by atoms with Gasteiger partial charge in [-0.2, -0.15) is 4.98 Å². The van der Waals surface area contributed by atoms with Crippen molar-refractivity contribution in [1.82, 2.24) is 15.0 Å². The molecular formula is C23H33N3O4. The highest BCUT2D eigenvalue weighted by Crippen LogP contribution is 2.32. The summed E-state index contributed by atoms with van der Waals surface area (Å²) in [5.41, 5.74) is 0.847. The van der Waals surface area contributed by atoms with E-state index in [1.54, 1.807) is 14.2 Å². The summed E-state index contributed by atoms with van der Waals surface area (Å²) in [6, 6.07) is 6.21. The second-order valence-corrected chi connectivity index (χ2v) is 8.56. The topological polar surface area (TPSA) is 69.9 Å². The molecule has 164 valence electrons. The van der Waals surface area contributed by atoms with E-state index in [1.165, 1.54) is 25.7 Å². The smallest absolute Gasteiger partial charge is 0.241 e. The van der Waals surface area contributed by atoms with Crippen LogP contribution in [-0.4, -0.2) is 54.6 Å². The lowest BCUT2D eigenvalue weighted by Crippen LogP contribution is -2.41. The maximum absolute atomic E-state index is 5.92. The van der Waals surface area contributed by atoms with Gasteiger partial charge in [0, 0.05) is 24.8 Å². The van der Waals surface area contributed by atoms with E-state index >= 15 is 0 Å². The van der Waals surface area contributed by atoms with Crippen molar-refractivity contribution in [3.05, 3.63) is 24.1 Å². The first-order valence-electron chi connectivity index (χ1n) is 11.1. The molecule has 2 heterocycles. The van der Waals surface area contributed by atoms with Crippen LogP contribution in [0, 0.1) is 5.92 Å². The second kappa shape index (κ2) is 9.79. The lowest BCUT2D eigenvalue weighted by atomic mass is 9.86. The van der Waals surface area contributed by atoms with E-state index in [2.05, 4.69) is 22.0 Å². The molecule has 1 atom stereocenters. The average molecular weight is 416 g/mol. The highest BCUT2D eigenvalue weighted by Gasteiger charge is 2.29. The Bertz CT molecular complexity index is 811. The molecule has 1 aliphatic carbocycles. The maximum atomic E-state index is 5.92. The minimum Gasteiger partial charge on any atom is -0.493 e. The van der Waals surface area contributed by atoms with Crippen LogP contribution >= 0.6 is 0 Å². The molecule has 1 aromatic carbocycles. The predicted octanol–water partition coefficient (Wildman–Crippen LogP) is 4.31. The zero-order chi connectivity index (χ0) is 20.9. The Labute approximate surface area is 178 Å². The van der Waals surface area contributed by atoms with Crippen LogP contribution in [0.15, 0.2) is 22.7 Å². The fraction of sp³-hybridized carbons (Fsp3) is 0.652. The standard InChI is InChI=1S/C23H33N3O4/c1-16-6-9-18(10-7-16)26(14-19-5-4-12-29-19)15-22-24-23(25-30-22)17-8-11-20(27-2)21(13-17)28-3/h8,11,13,16,18-19H,4-7,9-10,12,14-15H2,1-3H3. The molecule has 1 aromatic heterocycles. The van der Waals surface area contributed by atoms with Gasteiger partial charge >= 0.3 is 0 Å². The van der Waals surface area contributed by atoms with Crippen molar-refractivity contribution in [2.24, 2.45) is 5.92 Å². The Morgan fingerprint density at radius 3 is 2.57 bits per heavy atom. The molecular weight excluding hydrogens is 382 g/mol. The van der Waals surface area contributed by atoms with Crippen LogP contribution in [0.4, 0.5) is 0 Å². The van der Waals surface area contributed by atoms with Crippen LogP contribution in [-0.2, 0) is 11.3 Å². The molecule has 0 spiro atoms. The van der Waals surface area contributed by atoms with E-state index in [4.69, 9.17) is 18.7 Å². The second-order valence-electron chi connectivity index (χ2n) is 8.56. The third-order valence-electron chi connectivity index (χ3n) is 6.41. The molecule has 1 unspecified atom stereocenters. The molecule has 0 N–H and O–H groups in total. The van der Waals surface area contributed by atoms with Gasteiger partial charge in [0.25, 0.3) is 0 Å². The monoisotopic (exact) mass is 415 g/mol. The number of nitrogens with zero attached hydrogens (tertiary/aromatic N) is 3. The summed E-state index contributed by atoms with van der Waals surface area (Å²) in [6.45, 7) is 4.84. The van der Waals surface area contributed by atoms with Gasteiger partial charge in [0.05, 0.1) is 26.9 Å². The molecule has 2 fully saturated rings. The first-order chi connectivity index (χ1) is 14.7. The molecule has 1 saturated carbocycles. The lowest BCUT2D eigenvalue weighted by molar-refractivity contribution is 0.0361. The van der Waals surface area contributed by atoms with E-state index in [0.29, 0.717) is 41.9 Å². The molecule has 7 heteroatoms. The van der Waals surface area contributed by atoms with E-state index in [9.17, 15) is 0 Å². The van der Waals surface area contributed by atoms with Crippen molar-refractivity contribution in [1.29, 1.82) is 0 Å². The van der Waals surface area contributed by atoms with Gasteiger partial charge < -0.3 is 18.7 Å². The Hall–Kier alpha value is -2.12. The predicted molar refractivity (Wildman–Crippen MR) is 114 cm³/mol. The normalized spacial score (nSPS) is 24.3. The molecule has 0 bridgehead atoms.